The molecule has 0 spiro atoms. The van der Waals surface area contributed by atoms with Crippen molar-refractivity contribution in [3.05, 3.63) is 83.5 Å². The SMILES string of the molecule is Cc1c(C)c(C)c([Si](OC(=O)[P+](C(C)(C)C)(C(C)(C)C)C(C)(C)C)(c2c(C)c(C)c(C)c(C)c2C)c2c(C)c(C)c(C)c(C)c2C)c(C)c1C. The highest BCUT2D eigenvalue weighted by atomic mass is 31.2. The van der Waals surface area contributed by atoms with Crippen molar-refractivity contribution in [1.29, 1.82) is 0 Å². The van der Waals surface area contributed by atoms with Gasteiger partial charge in [0.2, 0.25) is 0 Å². The number of carbonyl (C=O) groups is 1. The van der Waals surface area contributed by atoms with E-state index >= 15 is 4.79 Å². The highest BCUT2D eigenvalue weighted by Crippen LogP contribution is 2.84. The van der Waals surface area contributed by atoms with Crippen LogP contribution in [0.1, 0.15) is 146 Å². The average Bonchev–Trinajstić information content (AvgIpc) is 2.97. The lowest BCUT2D eigenvalue weighted by atomic mass is 9.94. The van der Waals surface area contributed by atoms with E-state index in [-0.39, 0.29) is 21.2 Å². The first-order valence-electron chi connectivity index (χ1n) is 18.8. The predicted molar refractivity (Wildman–Crippen MR) is 228 cm³/mol. The maximum absolute atomic E-state index is 16.4. The van der Waals surface area contributed by atoms with Crippen LogP contribution >= 0.6 is 7.26 Å². The van der Waals surface area contributed by atoms with E-state index in [1.54, 1.807) is 0 Å². The fraction of sp³-hybridized carbons (Fsp3) is 0.587. The van der Waals surface area contributed by atoms with E-state index in [1.165, 1.54) is 99.0 Å². The Kier molecular flexibility index (Phi) is 11.2. The van der Waals surface area contributed by atoms with Crippen molar-refractivity contribution >= 4 is 36.9 Å². The molecule has 2 nitrogen and oxygen atoms in total. The number of hydrogen-bond donors (Lipinski definition) is 0. The van der Waals surface area contributed by atoms with Gasteiger partial charge in [0, 0.05) is 0 Å². The first-order valence-corrected chi connectivity index (χ1v) is 22.5. The lowest BCUT2D eigenvalue weighted by Crippen LogP contribution is -2.74. The minimum Gasteiger partial charge on any atom is -0.477 e. The molecule has 0 radical (unpaired) electrons. The average molecular weight is 716 g/mol. The standard InChI is InChI=1S/C46H72O2PSi/c1-25-28(4)34(10)40(35(11)29(25)5)50(41-36(12)30(6)26(2)31(7)37(41)13,42-38(14)32(8)27(3)33(9)39(42)15)48-43(47)49(44(16,17)18,45(19,20)21)46(22,23)24/h1-24H3/q+1. The summed E-state index contributed by atoms with van der Waals surface area (Å²) in [7, 11) is -6.29. The first kappa shape index (κ1) is 42.2. The van der Waals surface area contributed by atoms with Crippen LogP contribution in [0.2, 0.25) is 0 Å². The van der Waals surface area contributed by atoms with Crippen molar-refractivity contribution < 1.29 is 9.22 Å². The molecule has 0 saturated carbocycles. The minimum absolute atomic E-state index is 0.0377. The molecule has 0 bridgehead atoms. The van der Waals surface area contributed by atoms with Crippen molar-refractivity contribution in [3.63, 3.8) is 0 Å². The summed E-state index contributed by atoms with van der Waals surface area (Å²) in [5, 5.41) is 2.92. The number of benzene rings is 3. The summed E-state index contributed by atoms with van der Waals surface area (Å²) >= 11 is 0. The molecule has 4 heteroatoms. The molecule has 0 aromatic heterocycles. The molecule has 3 aromatic carbocycles. The van der Waals surface area contributed by atoms with Crippen LogP contribution in [0.3, 0.4) is 0 Å². The van der Waals surface area contributed by atoms with Crippen LogP contribution in [0, 0.1) is 104 Å². The monoisotopic (exact) mass is 716 g/mol. The Bertz CT molecular complexity index is 1590. The van der Waals surface area contributed by atoms with E-state index in [0.717, 1.165) is 0 Å². The summed E-state index contributed by atoms with van der Waals surface area (Å²) in [4.78, 5) is 16.4. The molecule has 0 unspecified atom stereocenters. The maximum Gasteiger partial charge on any atom is 0.439 e. The van der Waals surface area contributed by atoms with Crippen molar-refractivity contribution in [2.75, 3.05) is 0 Å². The molecule has 0 aliphatic rings. The summed E-state index contributed by atoms with van der Waals surface area (Å²) < 4.78 is 8.13. The summed E-state index contributed by atoms with van der Waals surface area (Å²) in [6.45, 7) is 54.9. The molecule has 50 heavy (non-hydrogen) atoms. The number of hydrogen-bond acceptors (Lipinski definition) is 2. The zero-order chi connectivity index (χ0) is 39.2. The van der Waals surface area contributed by atoms with E-state index in [0.29, 0.717) is 0 Å². The molecule has 0 amide bonds. The molecule has 3 aromatic rings. The van der Waals surface area contributed by atoms with E-state index in [1.807, 2.05) is 0 Å². The van der Waals surface area contributed by atoms with Crippen molar-refractivity contribution in [2.24, 2.45) is 0 Å². The van der Waals surface area contributed by atoms with Gasteiger partial charge in [-0.2, -0.15) is 0 Å². The van der Waals surface area contributed by atoms with Crippen LogP contribution in [0.25, 0.3) is 0 Å². The lowest BCUT2D eigenvalue weighted by Gasteiger charge is -2.52. The largest absolute Gasteiger partial charge is 0.477 e. The van der Waals surface area contributed by atoms with E-state index < -0.39 is 15.6 Å². The second-order valence-electron chi connectivity index (χ2n) is 18.7. The van der Waals surface area contributed by atoms with Crippen LogP contribution in [0.5, 0.6) is 0 Å². The van der Waals surface area contributed by atoms with Gasteiger partial charge < -0.3 is 4.43 Å². The Hall–Kier alpha value is -2.22. The van der Waals surface area contributed by atoms with Gasteiger partial charge in [-0.1, -0.05) is 0 Å². The Balaban J connectivity index is 3.01. The molecule has 0 heterocycles. The molecular weight excluding hydrogens is 644 g/mol. The third-order valence-electron chi connectivity index (χ3n) is 13.6. The summed E-state index contributed by atoms with van der Waals surface area (Å²) in [5.74, 6) is 0. The smallest absolute Gasteiger partial charge is 0.439 e. The predicted octanol–water partition coefficient (Wildman–Crippen LogP) is 11.8. The molecular formula is C46H72O2PSi+. The van der Waals surface area contributed by atoms with Gasteiger partial charge in [-0.05, 0) is 265 Å². The van der Waals surface area contributed by atoms with Crippen molar-refractivity contribution in [2.45, 2.75) is 182 Å². The molecule has 0 aliphatic carbocycles. The molecule has 3 rings (SSSR count). The van der Waals surface area contributed by atoms with E-state index in [4.69, 9.17) is 4.43 Å². The van der Waals surface area contributed by atoms with Gasteiger partial charge in [0.1, 0.15) is 7.26 Å². The van der Waals surface area contributed by atoms with Crippen LogP contribution in [-0.4, -0.2) is 29.5 Å². The minimum atomic E-state index is -3.68. The fourth-order valence-corrected chi connectivity index (χ4v) is 24.9. The molecule has 0 saturated heterocycles. The Morgan fingerprint density at radius 3 is 0.680 bits per heavy atom. The normalized spacial score (nSPS) is 13.3. The molecule has 276 valence electrons. The maximum atomic E-state index is 16.4. The lowest BCUT2D eigenvalue weighted by molar-refractivity contribution is 0.223. The van der Waals surface area contributed by atoms with Crippen LogP contribution in [0.4, 0.5) is 4.79 Å². The zero-order valence-corrected chi connectivity index (χ0v) is 38.7. The molecule has 0 atom stereocenters. The summed E-state index contributed by atoms with van der Waals surface area (Å²) in [6, 6.07) is 0. The van der Waals surface area contributed by atoms with Crippen LogP contribution < -0.4 is 15.6 Å². The van der Waals surface area contributed by atoms with E-state index in [2.05, 4.69) is 166 Å². The molecule has 0 N–H and O–H groups in total. The Morgan fingerprint density at radius 2 is 0.520 bits per heavy atom. The second-order valence-corrected chi connectivity index (χ2v) is 27.5. The zero-order valence-electron chi connectivity index (χ0n) is 36.8. The number of carbonyl (C=O) groups excluding carboxylic acids is 1. The molecule has 0 aliphatic heterocycles. The Morgan fingerprint density at radius 1 is 0.360 bits per heavy atom. The topological polar surface area (TPSA) is 26.3 Å². The van der Waals surface area contributed by atoms with Gasteiger partial charge in [-0.25, -0.2) is 4.79 Å². The number of rotatable bonds is 5. The third-order valence-corrected chi connectivity index (χ3v) is 25.3. The van der Waals surface area contributed by atoms with Gasteiger partial charge in [-0.15, -0.1) is 0 Å². The van der Waals surface area contributed by atoms with E-state index in [9.17, 15) is 0 Å². The fourth-order valence-electron chi connectivity index (χ4n) is 10.7. The van der Waals surface area contributed by atoms with Gasteiger partial charge >= 0.3 is 14.0 Å². The van der Waals surface area contributed by atoms with Crippen molar-refractivity contribution in [3.8, 4) is 0 Å². The first-order chi connectivity index (χ1) is 22.4. The third kappa shape index (κ3) is 5.80. The van der Waals surface area contributed by atoms with Crippen LogP contribution in [-0.2, 0) is 4.43 Å². The Labute approximate surface area is 310 Å². The highest BCUT2D eigenvalue weighted by molar-refractivity contribution is 7.94. The summed E-state index contributed by atoms with van der Waals surface area (Å²) in [5.41, 5.74) is 19.4. The van der Waals surface area contributed by atoms with Crippen molar-refractivity contribution in [1.82, 2.24) is 0 Å². The van der Waals surface area contributed by atoms with Gasteiger partial charge in [0.15, 0.2) is 0 Å². The highest BCUT2D eigenvalue weighted by Gasteiger charge is 2.73. The van der Waals surface area contributed by atoms with Gasteiger partial charge in [-0.3, -0.25) is 0 Å². The van der Waals surface area contributed by atoms with Gasteiger partial charge in [0.25, 0.3) is 0 Å². The second kappa shape index (κ2) is 13.3. The quantitative estimate of drug-likeness (QED) is 0.149. The summed E-state index contributed by atoms with van der Waals surface area (Å²) in [6.07, 6.45) is 0. The van der Waals surface area contributed by atoms with Gasteiger partial charge in [0.05, 0.1) is 15.5 Å². The molecule has 0 fully saturated rings. The van der Waals surface area contributed by atoms with Crippen LogP contribution in [0.15, 0.2) is 0 Å².